The van der Waals surface area contributed by atoms with Crippen LogP contribution in [0.3, 0.4) is 0 Å². The second kappa shape index (κ2) is 3.65. The summed E-state index contributed by atoms with van der Waals surface area (Å²) in [5.74, 6) is 0.603. The SMILES string of the molecule is CC1(C)CC1C(Cl)c1cc(Cl)c(Br)s1. The van der Waals surface area contributed by atoms with Crippen LogP contribution in [0.2, 0.25) is 5.02 Å². The van der Waals surface area contributed by atoms with Crippen LogP contribution in [-0.2, 0) is 0 Å². The van der Waals surface area contributed by atoms with Gasteiger partial charge in [-0.3, -0.25) is 0 Å². The molecule has 0 amide bonds. The van der Waals surface area contributed by atoms with Gasteiger partial charge < -0.3 is 0 Å². The van der Waals surface area contributed by atoms with Crippen molar-refractivity contribution in [2.75, 3.05) is 0 Å². The van der Waals surface area contributed by atoms with Crippen molar-refractivity contribution in [3.05, 3.63) is 19.8 Å². The molecule has 0 aliphatic heterocycles. The highest BCUT2D eigenvalue weighted by Crippen LogP contribution is 2.61. The summed E-state index contributed by atoms with van der Waals surface area (Å²) in [6, 6.07) is 1.97. The quantitative estimate of drug-likeness (QED) is 0.633. The number of halogens is 3. The predicted octanol–water partition coefficient (Wildman–Crippen LogP) is 5.49. The lowest BCUT2D eigenvalue weighted by Crippen LogP contribution is -1.96. The zero-order valence-electron chi connectivity index (χ0n) is 7.98. The third kappa shape index (κ3) is 1.99. The Balaban J connectivity index is 2.16. The molecule has 1 fully saturated rings. The third-order valence-corrected chi connectivity index (χ3v) is 6.11. The lowest BCUT2D eigenvalue weighted by atomic mass is 10.1. The van der Waals surface area contributed by atoms with Gasteiger partial charge in [0.2, 0.25) is 0 Å². The van der Waals surface area contributed by atoms with Crippen molar-refractivity contribution in [1.82, 2.24) is 0 Å². The molecule has 0 spiro atoms. The van der Waals surface area contributed by atoms with E-state index in [9.17, 15) is 0 Å². The minimum Gasteiger partial charge on any atom is -0.130 e. The first-order valence-electron chi connectivity index (χ1n) is 4.50. The molecule has 14 heavy (non-hydrogen) atoms. The maximum atomic E-state index is 6.40. The summed E-state index contributed by atoms with van der Waals surface area (Å²) in [7, 11) is 0. The molecule has 4 heteroatoms. The van der Waals surface area contributed by atoms with Gasteiger partial charge in [-0.05, 0) is 39.8 Å². The molecule has 2 rings (SSSR count). The summed E-state index contributed by atoms with van der Waals surface area (Å²) in [6.45, 7) is 4.52. The van der Waals surface area contributed by atoms with E-state index < -0.39 is 0 Å². The molecule has 0 radical (unpaired) electrons. The predicted molar refractivity (Wildman–Crippen MR) is 67.5 cm³/mol. The second-order valence-electron chi connectivity index (χ2n) is 4.47. The molecule has 0 nitrogen and oxygen atoms in total. The molecule has 2 unspecified atom stereocenters. The van der Waals surface area contributed by atoms with Crippen LogP contribution >= 0.6 is 50.5 Å². The van der Waals surface area contributed by atoms with Crippen molar-refractivity contribution in [3.8, 4) is 0 Å². The van der Waals surface area contributed by atoms with Crippen LogP contribution in [0.15, 0.2) is 9.85 Å². The monoisotopic (exact) mass is 312 g/mol. The van der Waals surface area contributed by atoms with Gasteiger partial charge in [0.15, 0.2) is 0 Å². The van der Waals surface area contributed by atoms with E-state index in [1.807, 2.05) is 6.07 Å². The van der Waals surface area contributed by atoms with Crippen molar-refractivity contribution in [3.63, 3.8) is 0 Å². The standard InChI is InChI=1S/C10H11BrCl2S/c1-10(2)4-5(10)8(13)7-3-6(12)9(11)14-7/h3,5,8H,4H2,1-2H3. The van der Waals surface area contributed by atoms with Gasteiger partial charge in [-0.1, -0.05) is 25.4 Å². The Kier molecular flexibility index (Phi) is 2.94. The van der Waals surface area contributed by atoms with Crippen molar-refractivity contribution in [2.24, 2.45) is 11.3 Å². The fourth-order valence-corrected chi connectivity index (χ4v) is 4.12. The Hall–Kier alpha value is 0.760. The van der Waals surface area contributed by atoms with Gasteiger partial charge in [0.1, 0.15) is 0 Å². The smallest absolute Gasteiger partial charge is 0.0887 e. The molecule has 0 bridgehead atoms. The van der Waals surface area contributed by atoms with Crippen molar-refractivity contribution < 1.29 is 0 Å². The first-order valence-corrected chi connectivity index (χ1v) is 6.93. The topological polar surface area (TPSA) is 0 Å². The number of alkyl halides is 1. The second-order valence-corrected chi connectivity index (χ2v) is 7.75. The van der Waals surface area contributed by atoms with E-state index in [2.05, 4.69) is 29.8 Å². The average Bonchev–Trinajstić information content (AvgIpc) is 2.59. The lowest BCUT2D eigenvalue weighted by molar-refractivity contribution is 0.551. The summed E-state index contributed by atoms with van der Waals surface area (Å²) < 4.78 is 0.985. The molecule has 0 N–H and O–H groups in total. The largest absolute Gasteiger partial charge is 0.130 e. The fourth-order valence-electron chi connectivity index (χ4n) is 1.70. The maximum absolute atomic E-state index is 6.40. The first kappa shape index (κ1) is 11.3. The van der Waals surface area contributed by atoms with Crippen molar-refractivity contribution in [1.29, 1.82) is 0 Å². The fraction of sp³-hybridized carbons (Fsp3) is 0.600. The molecule has 2 atom stereocenters. The highest BCUT2D eigenvalue weighted by atomic mass is 79.9. The Bertz CT molecular complexity index is 340. The van der Waals surface area contributed by atoms with Gasteiger partial charge in [0.25, 0.3) is 0 Å². The minimum absolute atomic E-state index is 0.124. The van der Waals surface area contributed by atoms with E-state index in [1.165, 1.54) is 11.3 Å². The van der Waals surface area contributed by atoms with E-state index in [0.29, 0.717) is 11.3 Å². The Labute approximate surface area is 107 Å². The molecule has 0 aromatic carbocycles. The van der Waals surface area contributed by atoms with Crippen LogP contribution in [0.5, 0.6) is 0 Å². The molecular formula is C10H11BrCl2S. The number of hydrogen-bond donors (Lipinski definition) is 0. The molecule has 78 valence electrons. The van der Waals surface area contributed by atoms with Crippen LogP contribution in [-0.4, -0.2) is 0 Å². The number of hydrogen-bond acceptors (Lipinski definition) is 1. The molecule has 0 saturated heterocycles. The molecule has 1 aliphatic carbocycles. The van der Waals surface area contributed by atoms with Crippen molar-refractivity contribution in [2.45, 2.75) is 25.6 Å². The van der Waals surface area contributed by atoms with Crippen LogP contribution in [0.4, 0.5) is 0 Å². The van der Waals surface area contributed by atoms with Crippen LogP contribution in [0.25, 0.3) is 0 Å². The Morgan fingerprint density at radius 1 is 1.64 bits per heavy atom. The average molecular weight is 314 g/mol. The summed E-state index contributed by atoms with van der Waals surface area (Å²) in [5, 5.41) is 0.896. The number of thiophene rings is 1. The normalized spacial score (nSPS) is 26.2. The van der Waals surface area contributed by atoms with Crippen molar-refractivity contribution >= 4 is 50.5 Å². The van der Waals surface area contributed by atoms with Crippen LogP contribution in [0, 0.1) is 11.3 Å². The minimum atomic E-state index is 0.124. The first-order chi connectivity index (χ1) is 6.42. The van der Waals surface area contributed by atoms with E-state index in [1.54, 1.807) is 11.3 Å². The zero-order chi connectivity index (χ0) is 10.5. The zero-order valence-corrected chi connectivity index (χ0v) is 11.9. The van der Waals surface area contributed by atoms with Gasteiger partial charge in [-0.15, -0.1) is 22.9 Å². The van der Waals surface area contributed by atoms with Gasteiger partial charge in [0, 0.05) is 4.88 Å². The highest BCUT2D eigenvalue weighted by molar-refractivity contribution is 9.11. The van der Waals surface area contributed by atoms with E-state index in [0.717, 1.165) is 8.81 Å². The summed E-state index contributed by atoms with van der Waals surface area (Å²) >= 11 is 17.4. The van der Waals surface area contributed by atoms with E-state index in [4.69, 9.17) is 23.2 Å². The van der Waals surface area contributed by atoms with Gasteiger partial charge in [-0.2, -0.15) is 0 Å². The summed E-state index contributed by atoms with van der Waals surface area (Å²) in [4.78, 5) is 1.18. The van der Waals surface area contributed by atoms with E-state index >= 15 is 0 Å². The number of rotatable bonds is 2. The Morgan fingerprint density at radius 3 is 2.57 bits per heavy atom. The molecular weight excluding hydrogens is 303 g/mol. The maximum Gasteiger partial charge on any atom is 0.0887 e. The molecule has 1 aromatic rings. The van der Waals surface area contributed by atoms with Crippen LogP contribution < -0.4 is 0 Å². The van der Waals surface area contributed by atoms with E-state index in [-0.39, 0.29) is 5.38 Å². The molecule has 1 heterocycles. The lowest BCUT2D eigenvalue weighted by Gasteiger charge is -2.08. The van der Waals surface area contributed by atoms with Gasteiger partial charge in [0.05, 0.1) is 14.2 Å². The van der Waals surface area contributed by atoms with Gasteiger partial charge in [-0.25, -0.2) is 0 Å². The molecule has 1 saturated carbocycles. The molecule has 1 aromatic heterocycles. The molecule has 1 aliphatic rings. The Morgan fingerprint density at radius 2 is 2.21 bits per heavy atom. The summed E-state index contributed by atoms with van der Waals surface area (Å²) in [6.07, 6.45) is 1.22. The highest BCUT2D eigenvalue weighted by Gasteiger charge is 2.50. The van der Waals surface area contributed by atoms with Gasteiger partial charge >= 0.3 is 0 Å². The van der Waals surface area contributed by atoms with Crippen LogP contribution in [0.1, 0.15) is 30.5 Å². The summed E-state index contributed by atoms with van der Waals surface area (Å²) in [5.41, 5.74) is 0.412. The third-order valence-electron chi connectivity index (χ3n) is 2.88.